The number of alkyl halides is 2. The summed E-state index contributed by atoms with van der Waals surface area (Å²) in [5, 5.41) is 11.1. The summed E-state index contributed by atoms with van der Waals surface area (Å²) in [5.74, 6) is 0.883. The number of methoxy groups -OCH3 is 2. The molecule has 2 heterocycles. The van der Waals surface area contributed by atoms with Gasteiger partial charge < -0.3 is 14.8 Å². The van der Waals surface area contributed by atoms with E-state index >= 15 is 0 Å². The fourth-order valence-electron chi connectivity index (χ4n) is 3.30. The van der Waals surface area contributed by atoms with E-state index < -0.39 is 6.43 Å². The lowest BCUT2D eigenvalue weighted by molar-refractivity contribution is -0.117. The van der Waals surface area contributed by atoms with Crippen molar-refractivity contribution in [3.05, 3.63) is 52.6 Å². The molecule has 8 nitrogen and oxygen atoms in total. The molecule has 0 bridgehead atoms. The lowest BCUT2D eigenvalue weighted by Crippen LogP contribution is -2.21. The first-order valence-corrected chi connectivity index (χ1v) is 9.60. The zero-order valence-electron chi connectivity index (χ0n) is 18.1. The van der Waals surface area contributed by atoms with Gasteiger partial charge in [0.2, 0.25) is 5.91 Å². The Labute approximate surface area is 178 Å². The molecule has 3 rings (SSSR count). The maximum Gasteiger partial charge on any atom is 0.282 e. The predicted octanol–water partition coefficient (Wildman–Crippen LogP) is 3.65. The third kappa shape index (κ3) is 4.84. The van der Waals surface area contributed by atoms with Gasteiger partial charge in [0.05, 0.1) is 37.8 Å². The Morgan fingerprint density at radius 1 is 1.06 bits per heavy atom. The third-order valence-electron chi connectivity index (χ3n) is 4.94. The van der Waals surface area contributed by atoms with Crippen LogP contribution in [0.4, 0.5) is 14.5 Å². The van der Waals surface area contributed by atoms with Gasteiger partial charge in [-0.2, -0.15) is 10.2 Å². The minimum Gasteiger partial charge on any atom is -0.493 e. The number of aromatic nitrogens is 4. The number of carbonyl (C=O) groups excluding carboxylic acids is 1. The lowest BCUT2D eigenvalue weighted by atomic mass is 10.2. The molecule has 0 aliphatic rings. The van der Waals surface area contributed by atoms with Crippen LogP contribution in [0, 0.1) is 20.8 Å². The van der Waals surface area contributed by atoms with Gasteiger partial charge in [-0.05, 0) is 44.5 Å². The van der Waals surface area contributed by atoms with E-state index in [9.17, 15) is 13.6 Å². The Morgan fingerprint density at radius 2 is 1.77 bits per heavy atom. The number of aryl methyl sites for hydroxylation is 2. The Morgan fingerprint density at radius 3 is 2.39 bits per heavy atom. The molecule has 1 N–H and O–H groups in total. The van der Waals surface area contributed by atoms with Crippen molar-refractivity contribution in [1.82, 2.24) is 19.6 Å². The van der Waals surface area contributed by atoms with Gasteiger partial charge in [0.25, 0.3) is 6.43 Å². The Balaban J connectivity index is 1.75. The molecule has 0 fully saturated rings. The molecule has 2 aromatic heterocycles. The zero-order chi connectivity index (χ0) is 22.7. The summed E-state index contributed by atoms with van der Waals surface area (Å²) in [4.78, 5) is 12.5. The molecule has 1 aromatic carbocycles. The number of ether oxygens (including phenoxy) is 2. The van der Waals surface area contributed by atoms with Crippen molar-refractivity contribution in [2.24, 2.45) is 0 Å². The summed E-state index contributed by atoms with van der Waals surface area (Å²) in [5.41, 5.74) is 3.10. The predicted molar refractivity (Wildman–Crippen MR) is 111 cm³/mol. The van der Waals surface area contributed by atoms with Gasteiger partial charge in [-0.15, -0.1) is 0 Å². The number of rotatable bonds is 8. The van der Waals surface area contributed by atoms with Gasteiger partial charge >= 0.3 is 0 Å². The minimum atomic E-state index is -2.68. The van der Waals surface area contributed by atoms with Crippen molar-refractivity contribution in [1.29, 1.82) is 0 Å². The minimum absolute atomic E-state index is 0.168. The van der Waals surface area contributed by atoms with Crippen molar-refractivity contribution in [3.8, 4) is 11.5 Å². The van der Waals surface area contributed by atoms with E-state index in [4.69, 9.17) is 9.47 Å². The van der Waals surface area contributed by atoms with Crippen molar-refractivity contribution in [3.63, 3.8) is 0 Å². The van der Waals surface area contributed by atoms with E-state index in [1.807, 2.05) is 25.1 Å². The highest BCUT2D eigenvalue weighted by molar-refractivity contribution is 5.91. The van der Waals surface area contributed by atoms with Crippen LogP contribution in [0.15, 0.2) is 24.3 Å². The molecule has 166 valence electrons. The molecule has 3 aromatic rings. The van der Waals surface area contributed by atoms with Crippen LogP contribution in [0.5, 0.6) is 11.5 Å². The first kappa shape index (κ1) is 22.3. The number of hydrogen-bond donors (Lipinski definition) is 1. The topological polar surface area (TPSA) is 83.2 Å². The molecule has 0 aliphatic heterocycles. The van der Waals surface area contributed by atoms with Gasteiger partial charge in [-0.1, -0.05) is 6.07 Å². The molecule has 0 radical (unpaired) electrons. The van der Waals surface area contributed by atoms with E-state index in [0.717, 1.165) is 11.3 Å². The van der Waals surface area contributed by atoms with Crippen LogP contribution in [0.25, 0.3) is 0 Å². The average Bonchev–Trinajstić information content (AvgIpc) is 3.22. The first-order valence-electron chi connectivity index (χ1n) is 9.60. The summed E-state index contributed by atoms with van der Waals surface area (Å²) < 4.78 is 39.3. The normalized spacial score (nSPS) is 11.1. The molecule has 0 spiro atoms. The van der Waals surface area contributed by atoms with Crippen molar-refractivity contribution in [2.45, 2.75) is 40.3 Å². The molecule has 1 amide bonds. The summed E-state index contributed by atoms with van der Waals surface area (Å²) in [6.45, 7) is 5.58. The Hall–Kier alpha value is -3.43. The standard InChI is InChI=1S/C21H25F2N5O3/c1-12-8-16(21(22)23)26-27(12)11-19(29)24-20-13(2)25-28(14(20)3)10-15-6-7-17(30-4)18(9-15)31-5/h6-9,21H,10-11H2,1-5H3,(H,24,29). The molecule has 10 heteroatoms. The average molecular weight is 433 g/mol. The van der Waals surface area contributed by atoms with Gasteiger partial charge in [0.1, 0.15) is 12.2 Å². The summed E-state index contributed by atoms with van der Waals surface area (Å²) in [7, 11) is 3.15. The number of carbonyl (C=O) groups is 1. The number of halogens is 2. The van der Waals surface area contributed by atoms with Gasteiger partial charge in [-0.3, -0.25) is 14.2 Å². The highest BCUT2D eigenvalue weighted by Gasteiger charge is 2.18. The number of nitrogens with one attached hydrogen (secondary N) is 1. The summed E-state index contributed by atoms with van der Waals surface area (Å²) in [6.07, 6.45) is -2.68. The van der Waals surface area contributed by atoms with E-state index in [2.05, 4.69) is 15.5 Å². The van der Waals surface area contributed by atoms with Crippen molar-refractivity contribution >= 4 is 11.6 Å². The lowest BCUT2D eigenvalue weighted by Gasteiger charge is -2.11. The molecule has 0 saturated heterocycles. The number of benzene rings is 1. The Bertz CT molecular complexity index is 1090. The van der Waals surface area contributed by atoms with Crippen LogP contribution in [0.2, 0.25) is 0 Å². The van der Waals surface area contributed by atoms with E-state index in [0.29, 0.717) is 35.1 Å². The quantitative estimate of drug-likeness (QED) is 0.586. The van der Waals surface area contributed by atoms with Crippen LogP contribution in [0.1, 0.15) is 34.8 Å². The maximum absolute atomic E-state index is 12.8. The number of nitrogens with zero attached hydrogens (tertiary/aromatic N) is 4. The second kappa shape index (κ2) is 9.15. The SMILES string of the molecule is COc1ccc(Cn2nc(C)c(NC(=O)Cn3nc(C(F)F)cc3C)c2C)cc1OC. The fraction of sp³-hybridized carbons (Fsp3) is 0.381. The molecular weight excluding hydrogens is 408 g/mol. The van der Waals surface area contributed by atoms with Crippen LogP contribution in [-0.2, 0) is 17.9 Å². The van der Waals surface area contributed by atoms with Crippen LogP contribution in [0.3, 0.4) is 0 Å². The Kier molecular flexibility index (Phi) is 6.57. The van der Waals surface area contributed by atoms with Crippen molar-refractivity contribution in [2.75, 3.05) is 19.5 Å². The number of hydrogen-bond acceptors (Lipinski definition) is 5. The molecule has 0 aliphatic carbocycles. The van der Waals surface area contributed by atoms with Crippen molar-refractivity contribution < 1.29 is 23.0 Å². The number of anilines is 1. The van der Waals surface area contributed by atoms with Crippen LogP contribution < -0.4 is 14.8 Å². The smallest absolute Gasteiger partial charge is 0.282 e. The summed E-state index contributed by atoms with van der Waals surface area (Å²) >= 11 is 0. The van der Waals surface area contributed by atoms with Gasteiger partial charge in [0, 0.05) is 5.69 Å². The zero-order valence-corrected chi connectivity index (χ0v) is 18.1. The molecule has 0 unspecified atom stereocenters. The molecule has 0 atom stereocenters. The summed E-state index contributed by atoms with van der Waals surface area (Å²) in [6, 6.07) is 6.88. The van der Waals surface area contributed by atoms with E-state index in [1.54, 1.807) is 32.7 Å². The highest BCUT2D eigenvalue weighted by Crippen LogP contribution is 2.28. The first-order chi connectivity index (χ1) is 14.7. The third-order valence-corrected chi connectivity index (χ3v) is 4.94. The maximum atomic E-state index is 12.8. The largest absolute Gasteiger partial charge is 0.493 e. The number of amides is 1. The highest BCUT2D eigenvalue weighted by atomic mass is 19.3. The molecule has 31 heavy (non-hydrogen) atoms. The van der Waals surface area contributed by atoms with E-state index in [1.165, 1.54) is 10.7 Å². The van der Waals surface area contributed by atoms with Crippen LogP contribution >= 0.6 is 0 Å². The van der Waals surface area contributed by atoms with Crippen LogP contribution in [-0.4, -0.2) is 39.7 Å². The molecular formula is C21H25F2N5O3. The second-order valence-corrected chi connectivity index (χ2v) is 7.11. The van der Waals surface area contributed by atoms with Gasteiger partial charge in [0.15, 0.2) is 11.5 Å². The van der Waals surface area contributed by atoms with Gasteiger partial charge in [-0.25, -0.2) is 8.78 Å². The second-order valence-electron chi connectivity index (χ2n) is 7.11. The molecule has 0 saturated carbocycles. The monoisotopic (exact) mass is 433 g/mol. The van der Waals surface area contributed by atoms with E-state index in [-0.39, 0.29) is 18.1 Å². The fourth-order valence-corrected chi connectivity index (χ4v) is 3.30.